The largest absolute Gasteiger partial charge is 0.456 e. The molecule has 3 heterocycles. The Labute approximate surface area is 277 Å². The van der Waals surface area contributed by atoms with Gasteiger partial charge in [-0.3, -0.25) is 0 Å². The summed E-state index contributed by atoms with van der Waals surface area (Å²) in [4.78, 5) is 0. The Morgan fingerprint density at radius 1 is 0.625 bits per heavy atom. The quantitative estimate of drug-likeness (QED) is 0.197. The van der Waals surface area contributed by atoms with Crippen LogP contribution >= 0.6 is 0 Å². The molecular formula is C45H30N2O. The number of rotatable bonds is 4. The van der Waals surface area contributed by atoms with Gasteiger partial charge in [-0.15, -0.1) is 0 Å². The van der Waals surface area contributed by atoms with Gasteiger partial charge in [-0.25, -0.2) is 0 Å². The number of nitrogens with zero attached hydrogens (tertiary/aromatic N) is 1. The summed E-state index contributed by atoms with van der Waals surface area (Å²) in [6.07, 6.45) is 10.4. The summed E-state index contributed by atoms with van der Waals surface area (Å²) in [5.74, 6) is 0. The van der Waals surface area contributed by atoms with Crippen molar-refractivity contribution in [2.24, 2.45) is 0 Å². The van der Waals surface area contributed by atoms with Gasteiger partial charge >= 0.3 is 0 Å². The predicted octanol–water partition coefficient (Wildman–Crippen LogP) is 11.4. The van der Waals surface area contributed by atoms with Crippen LogP contribution in [0.4, 0.5) is 0 Å². The van der Waals surface area contributed by atoms with E-state index in [1.54, 1.807) is 0 Å². The molecule has 10 rings (SSSR count). The molecule has 0 amide bonds. The van der Waals surface area contributed by atoms with E-state index in [4.69, 9.17) is 9.83 Å². The van der Waals surface area contributed by atoms with Crippen LogP contribution in [0.15, 0.2) is 156 Å². The average Bonchev–Trinajstić information content (AvgIpc) is 3.77. The molecule has 0 saturated carbocycles. The van der Waals surface area contributed by atoms with Gasteiger partial charge in [0.25, 0.3) is 0 Å². The molecule has 48 heavy (non-hydrogen) atoms. The van der Waals surface area contributed by atoms with Crippen molar-refractivity contribution in [1.82, 2.24) is 4.57 Å². The number of aromatic nitrogens is 1. The highest BCUT2D eigenvalue weighted by atomic mass is 16.3. The van der Waals surface area contributed by atoms with Crippen molar-refractivity contribution < 1.29 is 4.42 Å². The van der Waals surface area contributed by atoms with Crippen LogP contribution in [0.2, 0.25) is 0 Å². The van der Waals surface area contributed by atoms with Gasteiger partial charge in [0.2, 0.25) is 0 Å². The second kappa shape index (κ2) is 9.90. The van der Waals surface area contributed by atoms with E-state index in [0.717, 1.165) is 44.2 Å². The smallest absolute Gasteiger partial charge is 0.136 e. The van der Waals surface area contributed by atoms with E-state index in [1.165, 1.54) is 56.0 Å². The molecule has 1 N–H and O–H groups in total. The fraction of sp³-hybridized carbons (Fsp3) is 0.0444. The number of fused-ring (bicyclic) bond motifs is 12. The maximum atomic E-state index is 8.56. The maximum Gasteiger partial charge on any atom is 0.136 e. The summed E-state index contributed by atoms with van der Waals surface area (Å²) in [6.45, 7) is 2.10. The number of furan rings is 1. The molecule has 6 aromatic carbocycles. The zero-order valence-corrected chi connectivity index (χ0v) is 26.4. The minimum atomic E-state index is -0.580. The molecule has 3 heteroatoms. The summed E-state index contributed by atoms with van der Waals surface area (Å²) in [6, 6.07) is 45.5. The predicted molar refractivity (Wildman–Crippen MR) is 199 cm³/mol. The van der Waals surface area contributed by atoms with Crippen molar-refractivity contribution >= 4 is 61.6 Å². The standard InChI is InChI=1S/C45H30N2O/c1-2-11-35-34(25-23-28-22-24-32-31-14-4-8-21-41(31)48-42(32)26-28)43-29(27-46)12-9-17-37(43)45(35)36-16-5-7-20-40(36)47-39-19-6-3-13-30(39)33-15-10-18-38(45)44(33)47/h2-27,46H,1H3/b11-2-,25-23+,46-27?. The van der Waals surface area contributed by atoms with Crippen molar-refractivity contribution in [3.8, 4) is 5.69 Å². The first-order chi connectivity index (χ1) is 23.7. The van der Waals surface area contributed by atoms with Gasteiger partial charge in [-0.1, -0.05) is 121 Å². The van der Waals surface area contributed by atoms with Gasteiger partial charge in [0, 0.05) is 33.3 Å². The molecule has 0 fully saturated rings. The average molecular weight is 615 g/mol. The number of allylic oxidation sites excluding steroid dienone is 5. The molecule has 1 aliphatic carbocycles. The molecule has 226 valence electrons. The third kappa shape index (κ3) is 3.35. The minimum Gasteiger partial charge on any atom is -0.456 e. The zero-order chi connectivity index (χ0) is 32.0. The molecule has 8 aromatic rings. The van der Waals surface area contributed by atoms with Crippen molar-refractivity contribution in [2.45, 2.75) is 12.3 Å². The van der Waals surface area contributed by atoms with E-state index in [0.29, 0.717) is 0 Å². The van der Waals surface area contributed by atoms with Gasteiger partial charge < -0.3 is 14.4 Å². The highest BCUT2D eigenvalue weighted by Crippen LogP contribution is 2.61. The summed E-state index contributed by atoms with van der Waals surface area (Å²) in [5, 5.41) is 13.3. The first-order valence-corrected chi connectivity index (χ1v) is 16.5. The van der Waals surface area contributed by atoms with Crippen LogP contribution in [-0.2, 0) is 5.41 Å². The Morgan fingerprint density at radius 3 is 2.25 bits per heavy atom. The van der Waals surface area contributed by atoms with Crippen LogP contribution in [0.3, 0.4) is 0 Å². The third-order valence-corrected chi connectivity index (χ3v) is 10.4. The third-order valence-electron chi connectivity index (χ3n) is 10.4. The fourth-order valence-corrected chi connectivity index (χ4v) is 8.65. The molecule has 1 atom stereocenters. The van der Waals surface area contributed by atoms with Gasteiger partial charge in [0.15, 0.2) is 0 Å². The molecule has 0 bridgehead atoms. The minimum absolute atomic E-state index is 0.580. The molecule has 2 aliphatic rings. The van der Waals surface area contributed by atoms with E-state index in [-0.39, 0.29) is 0 Å². The van der Waals surface area contributed by atoms with Crippen molar-refractivity contribution in [1.29, 1.82) is 5.41 Å². The number of para-hydroxylation sites is 4. The molecule has 1 aliphatic heterocycles. The van der Waals surface area contributed by atoms with Gasteiger partial charge in [-0.2, -0.15) is 0 Å². The Bertz CT molecular complexity index is 2770. The van der Waals surface area contributed by atoms with Crippen LogP contribution in [0.1, 0.15) is 40.3 Å². The monoisotopic (exact) mass is 614 g/mol. The topological polar surface area (TPSA) is 41.9 Å². The molecule has 2 aromatic heterocycles. The number of hydrogen-bond donors (Lipinski definition) is 1. The van der Waals surface area contributed by atoms with E-state index >= 15 is 0 Å². The van der Waals surface area contributed by atoms with Crippen LogP contribution in [0.25, 0.3) is 61.1 Å². The SMILES string of the molecule is C/C=C\C1=C(/C=C/c2ccc3c(c2)oc2ccccc23)c2c(C=N)cccc2C12c1ccccc1-n1c3ccccc3c3cccc2c31. The lowest BCUT2D eigenvalue weighted by Crippen LogP contribution is -2.34. The molecule has 0 radical (unpaired) electrons. The lowest BCUT2D eigenvalue weighted by Gasteiger charge is -2.40. The summed E-state index contributed by atoms with van der Waals surface area (Å²) < 4.78 is 8.71. The van der Waals surface area contributed by atoms with Gasteiger partial charge in [0.1, 0.15) is 11.2 Å². The van der Waals surface area contributed by atoms with Crippen LogP contribution in [-0.4, -0.2) is 10.8 Å². The van der Waals surface area contributed by atoms with E-state index in [2.05, 4.69) is 151 Å². The Hall–Kier alpha value is -6.19. The first-order valence-electron chi connectivity index (χ1n) is 16.5. The second-order valence-electron chi connectivity index (χ2n) is 12.8. The zero-order valence-electron chi connectivity index (χ0n) is 26.4. The fourth-order valence-electron chi connectivity index (χ4n) is 8.65. The van der Waals surface area contributed by atoms with E-state index in [1.807, 2.05) is 12.1 Å². The van der Waals surface area contributed by atoms with Crippen LogP contribution in [0.5, 0.6) is 0 Å². The Balaban J connectivity index is 1.31. The second-order valence-corrected chi connectivity index (χ2v) is 12.8. The molecular weight excluding hydrogens is 585 g/mol. The highest BCUT2D eigenvalue weighted by molar-refractivity contribution is 6.13. The van der Waals surface area contributed by atoms with Gasteiger partial charge in [0.05, 0.1) is 22.1 Å². The highest BCUT2D eigenvalue weighted by Gasteiger charge is 2.51. The van der Waals surface area contributed by atoms with Crippen molar-refractivity contribution in [3.05, 3.63) is 185 Å². The van der Waals surface area contributed by atoms with Gasteiger partial charge in [-0.05, 0) is 76.2 Å². The van der Waals surface area contributed by atoms with Crippen LogP contribution < -0.4 is 0 Å². The Kier molecular flexibility index (Phi) is 5.57. The molecule has 1 unspecified atom stereocenters. The van der Waals surface area contributed by atoms with Crippen LogP contribution in [0, 0.1) is 5.41 Å². The maximum absolute atomic E-state index is 8.56. The molecule has 1 spiro atoms. The van der Waals surface area contributed by atoms with E-state index in [9.17, 15) is 0 Å². The van der Waals surface area contributed by atoms with E-state index < -0.39 is 5.41 Å². The normalized spacial score (nSPS) is 16.8. The number of benzene rings is 6. The first kappa shape index (κ1) is 27.0. The van der Waals surface area contributed by atoms with Crippen molar-refractivity contribution in [2.75, 3.05) is 0 Å². The summed E-state index contributed by atoms with van der Waals surface area (Å²) >= 11 is 0. The lowest BCUT2D eigenvalue weighted by atomic mass is 9.64. The lowest BCUT2D eigenvalue weighted by molar-refractivity contribution is 0.669. The van der Waals surface area contributed by atoms with Crippen molar-refractivity contribution in [3.63, 3.8) is 0 Å². The number of hydrogen-bond acceptors (Lipinski definition) is 2. The molecule has 3 nitrogen and oxygen atoms in total. The Morgan fingerprint density at radius 2 is 1.35 bits per heavy atom. The number of nitrogens with one attached hydrogen (secondary N) is 1. The summed E-state index contributed by atoms with van der Waals surface area (Å²) in [7, 11) is 0. The summed E-state index contributed by atoms with van der Waals surface area (Å²) in [5.41, 5.74) is 14.0. The molecule has 0 saturated heterocycles.